The number of ether oxygens (including phenoxy) is 1. The van der Waals surface area contributed by atoms with Crippen molar-refractivity contribution in [1.82, 2.24) is 4.72 Å². The predicted molar refractivity (Wildman–Crippen MR) is 121 cm³/mol. The van der Waals surface area contributed by atoms with Crippen molar-refractivity contribution in [3.05, 3.63) is 98.8 Å². The summed E-state index contributed by atoms with van der Waals surface area (Å²) in [6, 6.07) is 13.2. The first-order chi connectivity index (χ1) is 15.7. The molecule has 0 bridgehead atoms. The molecule has 0 fully saturated rings. The Morgan fingerprint density at radius 1 is 1.12 bits per heavy atom. The van der Waals surface area contributed by atoms with Gasteiger partial charge in [-0.05, 0) is 55.0 Å². The molecule has 1 N–H and O–H groups in total. The van der Waals surface area contributed by atoms with E-state index >= 15 is 0 Å². The van der Waals surface area contributed by atoms with Crippen LogP contribution in [0.15, 0.2) is 79.4 Å². The molecule has 33 heavy (non-hydrogen) atoms. The van der Waals surface area contributed by atoms with Crippen LogP contribution in [0.25, 0.3) is 11.0 Å². The van der Waals surface area contributed by atoms with Crippen LogP contribution < -0.4 is 10.3 Å². The number of benzene rings is 2. The van der Waals surface area contributed by atoms with E-state index in [1.54, 1.807) is 31.2 Å². The molecule has 0 amide bonds. The van der Waals surface area contributed by atoms with Crippen LogP contribution in [-0.4, -0.2) is 14.4 Å². The molecule has 0 spiro atoms. The number of carbonyl (C=O) groups excluding carboxylic acids is 1. The predicted octanol–water partition coefficient (Wildman–Crippen LogP) is 4.18. The molecule has 0 aliphatic heterocycles. The monoisotopic (exact) mass is 487 g/mol. The number of carbonyl (C=O) groups is 1. The number of hydrogen-bond acceptors (Lipinski definition) is 7. The Morgan fingerprint density at radius 3 is 2.70 bits per heavy atom. The maximum atomic E-state index is 12.6. The molecule has 0 saturated carbocycles. The lowest BCUT2D eigenvalue weighted by atomic mass is 10.1. The highest BCUT2D eigenvalue weighted by Gasteiger charge is 2.18. The Kier molecular flexibility index (Phi) is 6.37. The van der Waals surface area contributed by atoms with E-state index in [0.717, 1.165) is 5.56 Å². The second-order valence-corrected chi connectivity index (χ2v) is 9.37. The van der Waals surface area contributed by atoms with E-state index in [1.165, 1.54) is 36.6 Å². The van der Waals surface area contributed by atoms with Gasteiger partial charge in [0, 0.05) is 22.0 Å². The van der Waals surface area contributed by atoms with Crippen LogP contribution in [0.3, 0.4) is 0 Å². The number of fused-ring (bicyclic) bond motifs is 1. The van der Waals surface area contributed by atoms with Crippen LogP contribution in [0, 0.1) is 6.92 Å². The summed E-state index contributed by atoms with van der Waals surface area (Å²) in [4.78, 5) is 24.4. The van der Waals surface area contributed by atoms with Crippen molar-refractivity contribution < 1.29 is 26.8 Å². The van der Waals surface area contributed by atoms with Crippen molar-refractivity contribution in [2.24, 2.45) is 0 Å². The van der Waals surface area contributed by atoms with Crippen LogP contribution in [0.1, 0.15) is 27.2 Å². The van der Waals surface area contributed by atoms with Gasteiger partial charge in [0.25, 0.3) is 0 Å². The lowest BCUT2D eigenvalue weighted by Crippen LogP contribution is -2.23. The average Bonchev–Trinajstić information content (AvgIpc) is 3.31. The molecule has 8 nitrogen and oxygen atoms in total. The van der Waals surface area contributed by atoms with Crippen LogP contribution in [0.4, 0.5) is 0 Å². The van der Waals surface area contributed by atoms with E-state index in [-0.39, 0.29) is 23.6 Å². The van der Waals surface area contributed by atoms with E-state index in [9.17, 15) is 18.0 Å². The highest BCUT2D eigenvalue weighted by molar-refractivity contribution is 7.89. The number of aryl methyl sites for hydroxylation is 1. The van der Waals surface area contributed by atoms with Crippen molar-refractivity contribution in [2.75, 3.05) is 0 Å². The minimum absolute atomic E-state index is 0.0320. The number of rotatable bonds is 7. The molecular weight excluding hydrogens is 470 g/mol. The number of nitrogens with one attached hydrogen (secondary N) is 1. The molecule has 4 aromatic rings. The SMILES string of the molecule is Cc1cc2oc(=O)cc(COC(=O)c3cccc(S(=O)(=O)NCc4ccco4)c3)c2cc1Cl. The summed E-state index contributed by atoms with van der Waals surface area (Å²) >= 11 is 6.18. The first-order valence-corrected chi connectivity index (χ1v) is 11.6. The fraction of sp³-hybridized carbons (Fsp3) is 0.130. The molecule has 0 saturated heterocycles. The van der Waals surface area contributed by atoms with Gasteiger partial charge in [-0.25, -0.2) is 22.7 Å². The van der Waals surface area contributed by atoms with Gasteiger partial charge in [-0.1, -0.05) is 17.7 Å². The van der Waals surface area contributed by atoms with Gasteiger partial charge < -0.3 is 13.6 Å². The first kappa shape index (κ1) is 22.8. The van der Waals surface area contributed by atoms with Gasteiger partial charge in [-0.2, -0.15) is 0 Å². The van der Waals surface area contributed by atoms with Gasteiger partial charge in [-0.15, -0.1) is 0 Å². The molecule has 2 aromatic heterocycles. The van der Waals surface area contributed by atoms with E-state index in [1.807, 2.05) is 0 Å². The summed E-state index contributed by atoms with van der Waals surface area (Å²) in [5.41, 5.74) is 0.926. The molecule has 0 atom stereocenters. The molecule has 170 valence electrons. The Balaban J connectivity index is 1.52. The van der Waals surface area contributed by atoms with Crippen molar-refractivity contribution in [3.8, 4) is 0 Å². The van der Waals surface area contributed by atoms with Gasteiger partial charge in [0.2, 0.25) is 10.0 Å². The van der Waals surface area contributed by atoms with E-state index in [2.05, 4.69) is 4.72 Å². The molecular formula is C23H18ClNO7S. The van der Waals surface area contributed by atoms with Gasteiger partial charge >= 0.3 is 11.6 Å². The van der Waals surface area contributed by atoms with Crippen molar-refractivity contribution >= 4 is 38.6 Å². The van der Waals surface area contributed by atoms with E-state index in [4.69, 9.17) is 25.2 Å². The number of hydrogen-bond donors (Lipinski definition) is 1. The second-order valence-electron chi connectivity index (χ2n) is 7.20. The van der Waals surface area contributed by atoms with Crippen molar-refractivity contribution in [1.29, 1.82) is 0 Å². The fourth-order valence-electron chi connectivity index (χ4n) is 3.15. The summed E-state index contributed by atoms with van der Waals surface area (Å²) in [6.45, 7) is 1.52. The number of esters is 1. The summed E-state index contributed by atoms with van der Waals surface area (Å²) < 4.78 is 43.2. The van der Waals surface area contributed by atoms with Crippen molar-refractivity contribution in [2.45, 2.75) is 25.0 Å². The molecule has 0 radical (unpaired) electrons. The zero-order valence-corrected chi connectivity index (χ0v) is 18.9. The lowest BCUT2D eigenvalue weighted by molar-refractivity contribution is 0.0473. The van der Waals surface area contributed by atoms with E-state index < -0.39 is 21.6 Å². The van der Waals surface area contributed by atoms with Crippen LogP contribution in [0.2, 0.25) is 5.02 Å². The van der Waals surface area contributed by atoms with Gasteiger partial charge in [-0.3, -0.25) is 0 Å². The normalized spacial score (nSPS) is 11.6. The molecule has 2 aromatic carbocycles. The first-order valence-electron chi connectivity index (χ1n) is 9.75. The summed E-state index contributed by atoms with van der Waals surface area (Å²) in [6.07, 6.45) is 1.44. The zero-order valence-electron chi connectivity index (χ0n) is 17.3. The second kappa shape index (κ2) is 9.22. The molecule has 2 heterocycles. The van der Waals surface area contributed by atoms with E-state index in [0.29, 0.717) is 27.3 Å². The largest absolute Gasteiger partial charge is 0.468 e. The molecule has 0 aliphatic carbocycles. The molecule has 0 unspecified atom stereocenters. The minimum Gasteiger partial charge on any atom is -0.468 e. The van der Waals surface area contributed by atoms with Crippen LogP contribution in [0.5, 0.6) is 0 Å². The summed E-state index contributed by atoms with van der Waals surface area (Å²) in [5.74, 6) is -0.304. The van der Waals surface area contributed by atoms with Crippen LogP contribution >= 0.6 is 11.6 Å². The van der Waals surface area contributed by atoms with Gasteiger partial charge in [0.05, 0.1) is 23.3 Å². The lowest BCUT2D eigenvalue weighted by Gasteiger charge is -2.10. The average molecular weight is 488 g/mol. The molecule has 0 aliphatic rings. The minimum atomic E-state index is -3.89. The standard InChI is InChI=1S/C23H18ClNO7S/c1-14-8-21-19(11-20(14)24)16(10-22(26)32-21)13-31-23(27)15-4-2-6-18(9-15)33(28,29)25-12-17-5-3-7-30-17/h2-11,25H,12-13H2,1H3. The summed E-state index contributed by atoms with van der Waals surface area (Å²) in [7, 11) is -3.89. The quantitative estimate of drug-likeness (QED) is 0.307. The summed E-state index contributed by atoms with van der Waals surface area (Å²) in [5, 5.41) is 1.01. The third-order valence-corrected chi connectivity index (χ3v) is 6.67. The number of halogens is 1. The number of sulfonamides is 1. The van der Waals surface area contributed by atoms with Gasteiger partial charge in [0.1, 0.15) is 18.0 Å². The maximum absolute atomic E-state index is 12.6. The third kappa shape index (κ3) is 5.16. The highest BCUT2D eigenvalue weighted by atomic mass is 35.5. The Hall–Kier alpha value is -3.40. The topological polar surface area (TPSA) is 116 Å². The van der Waals surface area contributed by atoms with Crippen molar-refractivity contribution in [3.63, 3.8) is 0 Å². The molecule has 10 heteroatoms. The Labute approximate surface area is 193 Å². The third-order valence-electron chi connectivity index (χ3n) is 4.86. The Morgan fingerprint density at radius 2 is 1.94 bits per heavy atom. The maximum Gasteiger partial charge on any atom is 0.338 e. The van der Waals surface area contributed by atoms with Crippen LogP contribution in [-0.2, 0) is 27.9 Å². The Bertz CT molecular complexity index is 1490. The fourth-order valence-corrected chi connectivity index (χ4v) is 4.35. The molecule has 4 rings (SSSR count). The highest BCUT2D eigenvalue weighted by Crippen LogP contribution is 2.26. The van der Waals surface area contributed by atoms with Gasteiger partial charge in [0.15, 0.2) is 0 Å². The zero-order chi connectivity index (χ0) is 23.6. The smallest absolute Gasteiger partial charge is 0.338 e. The number of furan rings is 1.